The molecular weight excluding hydrogens is 250 g/mol. The lowest BCUT2D eigenvalue weighted by molar-refractivity contribution is 1.29. The number of aromatic nitrogens is 2. The molecule has 3 N–H and O–H groups in total. The van der Waals surface area contributed by atoms with Crippen LogP contribution in [0.5, 0.6) is 0 Å². The number of pyridine rings is 2. The molecule has 0 aliphatic carbocycles. The number of rotatable bonds is 2. The van der Waals surface area contributed by atoms with E-state index in [4.69, 9.17) is 11.0 Å². The Morgan fingerprint density at radius 1 is 1.05 bits per heavy atom. The predicted molar refractivity (Wildman–Crippen MR) is 78.4 cm³/mol. The Morgan fingerprint density at radius 3 is 2.75 bits per heavy atom. The number of nitrogens with two attached hydrogens (primary N) is 1. The second kappa shape index (κ2) is 4.86. The van der Waals surface area contributed by atoms with Crippen LogP contribution in [0.4, 0.5) is 17.2 Å². The Bertz CT molecular complexity index is 820. The molecule has 5 heteroatoms. The molecule has 0 spiro atoms. The predicted octanol–water partition coefficient (Wildman–Crippen LogP) is 2.83. The third kappa shape index (κ3) is 2.22. The first-order chi connectivity index (χ1) is 9.76. The molecule has 1 aromatic carbocycles. The molecule has 0 bridgehead atoms. The maximum absolute atomic E-state index is 8.87. The highest BCUT2D eigenvalue weighted by Crippen LogP contribution is 2.23. The standard InChI is InChI=1S/C15H11N5/c16-9-10-3-5-19-15(7-10)20-11-1-2-12-13(17)4-6-18-14(12)8-11/h1-8H,(H2,17,18)(H,19,20). The molecule has 0 saturated carbocycles. The van der Waals surface area contributed by atoms with E-state index in [1.807, 2.05) is 18.2 Å². The number of nitriles is 1. The molecule has 0 aliphatic heterocycles. The number of hydrogen-bond donors (Lipinski definition) is 2. The lowest BCUT2D eigenvalue weighted by atomic mass is 10.1. The van der Waals surface area contributed by atoms with Crippen molar-refractivity contribution in [3.63, 3.8) is 0 Å². The molecule has 0 radical (unpaired) electrons. The minimum atomic E-state index is 0.561. The summed E-state index contributed by atoms with van der Waals surface area (Å²) >= 11 is 0. The van der Waals surface area contributed by atoms with Crippen LogP contribution >= 0.6 is 0 Å². The zero-order chi connectivity index (χ0) is 13.9. The second-order valence-electron chi connectivity index (χ2n) is 4.30. The van der Waals surface area contributed by atoms with E-state index in [-0.39, 0.29) is 0 Å². The zero-order valence-electron chi connectivity index (χ0n) is 10.5. The number of nitrogens with one attached hydrogen (secondary N) is 1. The Morgan fingerprint density at radius 2 is 1.90 bits per heavy atom. The summed E-state index contributed by atoms with van der Waals surface area (Å²) in [5.41, 5.74) is 8.81. The quantitative estimate of drug-likeness (QED) is 0.740. The van der Waals surface area contributed by atoms with Gasteiger partial charge in [-0.1, -0.05) is 0 Å². The van der Waals surface area contributed by atoms with E-state index >= 15 is 0 Å². The van der Waals surface area contributed by atoms with Crippen LogP contribution in [-0.2, 0) is 0 Å². The highest BCUT2D eigenvalue weighted by Gasteiger charge is 2.02. The lowest BCUT2D eigenvalue weighted by Crippen LogP contribution is -1.95. The lowest BCUT2D eigenvalue weighted by Gasteiger charge is -2.07. The van der Waals surface area contributed by atoms with E-state index in [1.165, 1.54) is 0 Å². The van der Waals surface area contributed by atoms with Gasteiger partial charge in [-0.25, -0.2) is 4.98 Å². The topological polar surface area (TPSA) is 87.6 Å². The van der Waals surface area contributed by atoms with Crippen molar-refractivity contribution in [3.05, 3.63) is 54.4 Å². The van der Waals surface area contributed by atoms with Crippen LogP contribution in [0, 0.1) is 11.3 Å². The number of nitrogen functional groups attached to an aromatic ring is 1. The number of anilines is 3. The van der Waals surface area contributed by atoms with E-state index in [0.29, 0.717) is 17.1 Å². The van der Waals surface area contributed by atoms with Crippen molar-refractivity contribution in [3.8, 4) is 6.07 Å². The van der Waals surface area contributed by atoms with E-state index in [9.17, 15) is 0 Å². The fraction of sp³-hybridized carbons (Fsp3) is 0. The summed E-state index contributed by atoms with van der Waals surface area (Å²) in [4.78, 5) is 8.46. The number of nitrogens with zero attached hydrogens (tertiary/aromatic N) is 3. The molecule has 5 nitrogen and oxygen atoms in total. The normalized spacial score (nSPS) is 10.2. The number of fused-ring (bicyclic) bond motifs is 1. The van der Waals surface area contributed by atoms with Crippen molar-refractivity contribution in [1.29, 1.82) is 5.26 Å². The van der Waals surface area contributed by atoms with Crippen LogP contribution in [-0.4, -0.2) is 9.97 Å². The van der Waals surface area contributed by atoms with E-state index in [1.54, 1.807) is 30.6 Å². The Labute approximate surface area is 115 Å². The minimum absolute atomic E-state index is 0.561. The smallest absolute Gasteiger partial charge is 0.131 e. The van der Waals surface area contributed by atoms with Gasteiger partial charge in [-0.15, -0.1) is 0 Å². The Balaban J connectivity index is 1.97. The molecule has 0 unspecified atom stereocenters. The molecular formula is C15H11N5. The van der Waals surface area contributed by atoms with E-state index in [2.05, 4.69) is 21.4 Å². The van der Waals surface area contributed by atoms with Gasteiger partial charge in [0.2, 0.25) is 0 Å². The molecule has 0 saturated heterocycles. The van der Waals surface area contributed by atoms with Crippen LogP contribution in [0.25, 0.3) is 10.9 Å². The number of hydrogen-bond acceptors (Lipinski definition) is 5. The maximum atomic E-state index is 8.87. The van der Waals surface area contributed by atoms with Crippen molar-refractivity contribution < 1.29 is 0 Å². The average molecular weight is 261 g/mol. The maximum Gasteiger partial charge on any atom is 0.131 e. The van der Waals surface area contributed by atoms with Crippen molar-refractivity contribution in [2.45, 2.75) is 0 Å². The minimum Gasteiger partial charge on any atom is -0.398 e. The second-order valence-corrected chi connectivity index (χ2v) is 4.30. The van der Waals surface area contributed by atoms with Crippen molar-refractivity contribution >= 4 is 28.1 Å². The molecule has 0 aliphatic rings. The molecule has 3 aromatic rings. The van der Waals surface area contributed by atoms with Gasteiger partial charge in [-0.05, 0) is 36.4 Å². The summed E-state index contributed by atoms with van der Waals surface area (Å²) in [6.07, 6.45) is 3.27. The van der Waals surface area contributed by atoms with Gasteiger partial charge in [0.25, 0.3) is 0 Å². The summed E-state index contributed by atoms with van der Waals surface area (Å²) in [6, 6.07) is 12.9. The molecule has 2 heterocycles. The van der Waals surface area contributed by atoms with E-state index < -0.39 is 0 Å². The zero-order valence-corrected chi connectivity index (χ0v) is 10.5. The van der Waals surface area contributed by atoms with Gasteiger partial charge in [0.05, 0.1) is 17.1 Å². The van der Waals surface area contributed by atoms with Gasteiger partial charge < -0.3 is 11.1 Å². The first-order valence-electron chi connectivity index (χ1n) is 6.04. The van der Waals surface area contributed by atoms with Crippen LogP contribution in [0.1, 0.15) is 5.56 Å². The Hall–Kier alpha value is -3.13. The summed E-state index contributed by atoms with van der Waals surface area (Å²) in [6.45, 7) is 0. The molecule has 0 atom stereocenters. The fourth-order valence-electron chi connectivity index (χ4n) is 1.96. The molecule has 96 valence electrons. The van der Waals surface area contributed by atoms with Crippen molar-refractivity contribution in [2.24, 2.45) is 0 Å². The first-order valence-corrected chi connectivity index (χ1v) is 6.04. The van der Waals surface area contributed by atoms with Crippen molar-refractivity contribution in [2.75, 3.05) is 11.1 Å². The summed E-state index contributed by atoms with van der Waals surface area (Å²) in [5.74, 6) is 0.618. The van der Waals surface area contributed by atoms with Gasteiger partial charge in [-0.2, -0.15) is 5.26 Å². The van der Waals surface area contributed by atoms with Crippen LogP contribution in [0.3, 0.4) is 0 Å². The molecule has 3 rings (SSSR count). The van der Waals surface area contributed by atoms with Gasteiger partial charge in [0.15, 0.2) is 0 Å². The van der Waals surface area contributed by atoms with Crippen LogP contribution < -0.4 is 11.1 Å². The highest BCUT2D eigenvalue weighted by atomic mass is 15.0. The SMILES string of the molecule is N#Cc1ccnc(Nc2ccc3c(N)ccnc3c2)c1. The molecule has 0 fully saturated rings. The molecule has 0 amide bonds. The average Bonchev–Trinajstić information content (AvgIpc) is 2.47. The van der Waals surface area contributed by atoms with Crippen molar-refractivity contribution in [1.82, 2.24) is 9.97 Å². The highest BCUT2D eigenvalue weighted by molar-refractivity contribution is 5.92. The van der Waals surface area contributed by atoms with Gasteiger partial charge in [-0.3, -0.25) is 4.98 Å². The fourth-order valence-corrected chi connectivity index (χ4v) is 1.96. The largest absolute Gasteiger partial charge is 0.398 e. The van der Waals surface area contributed by atoms with Gasteiger partial charge in [0, 0.05) is 29.2 Å². The van der Waals surface area contributed by atoms with Crippen LogP contribution in [0.15, 0.2) is 48.8 Å². The van der Waals surface area contributed by atoms with Crippen LogP contribution in [0.2, 0.25) is 0 Å². The summed E-state index contributed by atoms with van der Waals surface area (Å²) in [7, 11) is 0. The van der Waals surface area contributed by atoms with Gasteiger partial charge in [0.1, 0.15) is 5.82 Å². The summed E-state index contributed by atoms with van der Waals surface area (Å²) < 4.78 is 0. The first kappa shape index (κ1) is 11.9. The number of benzene rings is 1. The van der Waals surface area contributed by atoms with Gasteiger partial charge >= 0.3 is 0 Å². The molecule has 2 aromatic heterocycles. The monoisotopic (exact) mass is 261 g/mol. The third-order valence-electron chi connectivity index (χ3n) is 2.94. The van der Waals surface area contributed by atoms with E-state index in [0.717, 1.165) is 16.6 Å². The molecule has 20 heavy (non-hydrogen) atoms. The summed E-state index contributed by atoms with van der Waals surface area (Å²) in [5, 5.41) is 12.9. The Kier molecular flexibility index (Phi) is 2.90. The third-order valence-corrected chi connectivity index (χ3v) is 2.94.